The Bertz CT molecular complexity index is 365. The van der Waals surface area contributed by atoms with Crippen LogP contribution in [-0.4, -0.2) is 24.5 Å². The van der Waals surface area contributed by atoms with Gasteiger partial charge in [-0.1, -0.05) is 27.7 Å². The molecule has 0 aromatic carbocycles. The largest absolute Gasteiger partial charge is 0.312 e. The second-order valence-corrected chi connectivity index (χ2v) is 7.44. The van der Waals surface area contributed by atoms with Crippen LogP contribution in [0.3, 0.4) is 0 Å². The third-order valence-corrected chi connectivity index (χ3v) is 4.49. The van der Waals surface area contributed by atoms with Crippen molar-refractivity contribution in [2.45, 2.75) is 60.5 Å². The maximum atomic E-state index is 3.54. The van der Waals surface area contributed by atoms with E-state index in [1.807, 2.05) is 11.3 Å². The molecule has 2 nitrogen and oxygen atoms in total. The Balaban J connectivity index is 2.55. The fraction of sp³-hybridized carbons (Fsp3) is 0.765. The quantitative estimate of drug-likeness (QED) is 0.687. The summed E-state index contributed by atoms with van der Waals surface area (Å²) in [4.78, 5) is 5.55. The summed E-state index contributed by atoms with van der Waals surface area (Å²) in [5.41, 5.74) is 1.53. The van der Waals surface area contributed by atoms with Gasteiger partial charge in [0.1, 0.15) is 0 Å². The molecular formula is C17H32N2S. The monoisotopic (exact) mass is 296 g/mol. The van der Waals surface area contributed by atoms with Crippen LogP contribution in [0, 0.1) is 12.8 Å². The lowest BCUT2D eigenvalue weighted by atomic mass is 10.2. The average Bonchev–Trinajstić information content (AvgIpc) is 2.70. The fourth-order valence-corrected chi connectivity index (χ4v) is 3.48. The summed E-state index contributed by atoms with van der Waals surface area (Å²) >= 11 is 1.96. The normalized spacial score (nSPS) is 11.8. The van der Waals surface area contributed by atoms with Crippen LogP contribution in [0.25, 0.3) is 0 Å². The molecule has 0 atom stereocenters. The molecule has 0 fully saturated rings. The van der Waals surface area contributed by atoms with Crippen LogP contribution < -0.4 is 5.32 Å². The standard InChI is InChI=1S/C17H32N2S/c1-6-8-19(9-7-2)13-16-10-17(20-15(16)5)12-18-11-14(3)4/h10,14,18H,6-9,11-13H2,1-5H3. The highest BCUT2D eigenvalue weighted by molar-refractivity contribution is 7.12. The molecule has 0 aliphatic rings. The Morgan fingerprint density at radius 1 is 1.20 bits per heavy atom. The number of aryl methyl sites for hydroxylation is 1. The number of thiophene rings is 1. The van der Waals surface area contributed by atoms with Gasteiger partial charge in [0.05, 0.1) is 0 Å². The van der Waals surface area contributed by atoms with Crippen molar-refractivity contribution in [3.8, 4) is 0 Å². The Morgan fingerprint density at radius 3 is 2.40 bits per heavy atom. The smallest absolute Gasteiger partial charge is 0.0300 e. The van der Waals surface area contributed by atoms with Gasteiger partial charge in [0.2, 0.25) is 0 Å². The first-order valence-electron chi connectivity index (χ1n) is 8.08. The lowest BCUT2D eigenvalue weighted by Crippen LogP contribution is -2.25. The topological polar surface area (TPSA) is 15.3 Å². The predicted octanol–water partition coefficient (Wildman–Crippen LogP) is 4.42. The molecule has 0 saturated carbocycles. The van der Waals surface area contributed by atoms with E-state index >= 15 is 0 Å². The third-order valence-electron chi connectivity index (χ3n) is 3.40. The first-order valence-corrected chi connectivity index (χ1v) is 8.89. The van der Waals surface area contributed by atoms with Gasteiger partial charge in [0.15, 0.2) is 0 Å². The molecule has 1 aromatic rings. The lowest BCUT2D eigenvalue weighted by molar-refractivity contribution is 0.266. The molecule has 0 unspecified atom stereocenters. The van der Waals surface area contributed by atoms with Gasteiger partial charge >= 0.3 is 0 Å². The molecule has 116 valence electrons. The Labute approximate surface area is 129 Å². The molecule has 0 spiro atoms. The Morgan fingerprint density at radius 2 is 1.85 bits per heavy atom. The minimum absolute atomic E-state index is 0.722. The van der Waals surface area contributed by atoms with E-state index in [9.17, 15) is 0 Å². The first-order chi connectivity index (χ1) is 9.56. The molecule has 0 amide bonds. The SMILES string of the molecule is CCCN(CCC)Cc1cc(CNCC(C)C)sc1C. The maximum absolute atomic E-state index is 3.54. The second kappa shape index (κ2) is 9.54. The fourth-order valence-electron chi connectivity index (χ4n) is 2.46. The van der Waals surface area contributed by atoms with Crippen molar-refractivity contribution in [3.05, 3.63) is 21.4 Å². The van der Waals surface area contributed by atoms with Crippen molar-refractivity contribution in [2.75, 3.05) is 19.6 Å². The molecule has 0 radical (unpaired) electrons. The number of rotatable bonds is 10. The minimum Gasteiger partial charge on any atom is -0.312 e. The summed E-state index contributed by atoms with van der Waals surface area (Å²) in [5.74, 6) is 0.722. The summed E-state index contributed by atoms with van der Waals surface area (Å²) < 4.78 is 0. The summed E-state index contributed by atoms with van der Waals surface area (Å²) in [6.45, 7) is 17.0. The van der Waals surface area contributed by atoms with Crippen molar-refractivity contribution in [1.82, 2.24) is 10.2 Å². The molecule has 1 N–H and O–H groups in total. The molecular weight excluding hydrogens is 264 g/mol. The molecule has 1 aromatic heterocycles. The van der Waals surface area contributed by atoms with Crippen molar-refractivity contribution in [1.29, 1.82) is 0 Å². The van der Waals surface area contributed by atoms with Crippen molar-refractivity contribution < 1.29 is 0 Å². The molecule has 1 rings (SSSR count). The molecule has 0 aliphatic carbocycles. The minimum atomic E-state index is 0.722. The van der Waals surface area contributed by atoms with Gasteiger partial charge in [-0.25, -0.2) is 0 Å². The van der Waals surface area contributed by atoms with Crippen LogP contribution in [0.4, 0.5) is 0 Å². The van der Waals surface area contributed by atoms with E-state index < -0.39 is 0 Å². The van der Waals surface area contributed by atoms with Gasteiger partial charge in [-0.2, -0.15) is 0 Å². The van der Waals surface area contributed by atoms with Crippen molar-refractivity contribution in [2.24, 2.45) is 5.92 Å². The highest BCUT2D eigenvalue weighted by atomic mass is 32.1. The molecule has 0 aliphatic heterocycles. The number of nitrogens with zero attached hydrogens (tertiary/aromatic N) is 1. The van der Waals surface area contributed by atoms with Crippen LogP contribution in [0.5, 0.6) is 0 Å². The first kappa shape index (κ1) is 17.7. The second-order valence-electron chi connectivity index (χ2n) is 6.10. The van der Waals surface area contributed by atoms with E-state index in [0.717, 1.165) is 25.6 Å². The van der Waals surface area contributed by atoms with E-state index in [4.69, 9.17) is 0 Å². The number of nitrogens with one attached hydrogen (secondary N) is 1. The molecule has 0 bridgehead atoms. The Hall–Kier alpha value is -0.380. The molecule has 0 saturated heterocycles. The number of hydrogen-bond acceptors (Lipinski definition) is 3. The Kier molecular flexibility index (Phi) is 8.43. The summed E-state index contributed by atoms with van der Waals surface area (Å²) in [7, 11) is 0. The summed E-state index contributed by atoms with van der Waals surface area (Å²) in [5, 5.41) is 3.54. The van der Waals surface area contributed by atoms with Gasteiger partial charge in [-0.15, -0.1) is 11.3 Å². The van der Waals surface area contributed by atoms with E-state index in [2.05, 4.69) is 50.9 Å². The molecule has 20 heavy (non-hydrogen) atoms. The third kappa shape index (κ3) is 6.38. The average molecular weight is 297 g/mol. The highest BCUT2D eigenvalue weighted by Crippen LogP contribution is 2.23. The van der Waals surface area contributed by atoms with Crippen LogP contribution in [0.15, 0.2) is 6.07 Å². The van der Waals surface area contributed by atoms with E-state index in [0.29, 0.717) is 0 Å². The van der Waals surface area contributed by atoms with E-state index in [-0.39, 0.29) is 0 Å². The summed E-state index contributed by atoms with van der Waals surface area (Å²) in [6.07, 6.45) is 2.48. The van der Waals surface area contributed by atoms with Gasteiger partial charge in [0, 0.05) is 22.8 Å². The van der Waals surface area contributed by atoms with E-state index in [1.54, 1.807) is 0 Å². The van der Waals surface area contributed by atoms with Gasteiger partial charge in [-0.05, 0) is 56.9 Å². The van der Waals surface area contributed by atoms with Crippen molar-refractivity contribution >= 4 is 11.3 Å². The molecule has 3 heteroatoms. The van der Waals surface area contributed by atoms with Gasteiger partial charge in [-0.3, -0.25) is 4.90 Å². The van der Waals surface area contributed by atoms with Crippen LogP contribution in [0.2, 0.25) is 0 Å². The zero-order valence-corrected chi connectivity index (χ0v) is 14.8. The van der Waals surface area contributed by atoms with Crippen molar-refractivity contribution in [3.63, 3.8) is 0 Å². The highest BCUT2D eigenvalue weighted by Gasteiger charge is 2.10. The van der Waals surface area contributed by atoms with Crippen LogP contribution >= 0.6 is 11.3 Å². The zero-order chi connectivity index (χ0) is 15.0. The molecule has 1 heterocycles. The van der Waals surface area contributed by atoms with Gasteiger partial charge in [0.25, 0.3) is 0 Å². The summed E-state index contributed by atoms with van der Waals surface area (Å²) in [6, 6.07) is 2.41. The van der Waals surface area contributed by atoms with Crippen LogP contribution in [0.1, 0.15) is 55.9 Å². The lowest BCUT2D eigenvalue weighted by Gasteiger charge is -2.20. The maximum Gasteiger partial charge on any atom is 0.0300 e. The number of hydrogen-bond donors (Lipinski definition) is 1. The van der Waals surface area contributed by atoms with Gasteiger partial charge < -0.3 is 5.32 Å². The zero-order valence-electron chi connectivity index (χ0n) is 14.0. The van der Waals surface area contributed by atoms with E-state index in [1.165, 1.54) is 41.2 Å². The van der Waals surface area contributed by atoms with Crippen LogP contribution in [-0.2, 0) is 13.1 Å². The predicted molar refractivity (Wildman–Crippen MR) is 91.5 cm³/mol.